The van der Waals surface area contributed by atoms with Crippen LogP contribution in [0.2, 0.25) is 0 Å². The van der Waals surface area contributed by atoms with Gasteiger partial charge in [0, 0.05) is 0 Å². The number of thiophene rings is 1. The van der Waals surface area contributed by atoms with Gasteiger partial charge >= 0.3 is 0 Å². The van der Waals surface area contributed by atoms with Gasteiger partial charge in [-0.3, -0.25) is 0 Å². The maximum atomic E-state index is 5.42. The van der Waals surface area contributed by atoms with E-state index in [-0.39, 0.29) is 6.04 Å². The van der Waals surface area contributed by atoms with Gasteiger partial charge in [-0.25, -0.2) is 9.97 Å². The van der Waals surface area contributed by atoms with Gasteiger partial charge < -0.3 is 9.84 Å². The number of hydrogen-bond acceptors (Lipinski definition) is 7. The zero-order valence-electron chi connectivity index (χ0n) is 14.9. The molecule has 0 aliphatic carbocycles. The lowest BCUT2D eigenvalue weighted by molar-refractivity contribution is 0.377. The Morgan fingerprint density at radius 2 is 1.92 bits per heavy atom. The Bertz CT molecular complexity index is 1040. The summed E-state index contributed by atoms with van der Waals surface area (Å²) in [7, 11) is 0. The van der Waals surface area contributed by atoms with E-state index < -0.39 is 0 Å². The molecule has 4 aromatic rings. The molecule has 1 atom stereocenters. The van der Waals surface area contributed by atoms with Crippen molar-refractivity contribution in [3.05, 3.63) is 64.4 Å². The molecule has 0 saturated carbocycles. The van der Waals surface area contributed by atoms with Crippen LogP contribution in [0.5, 0.6) is 0 Å². The minimum Gasteiger partial charge on any atom is -0.360 e. The quantitative estimate of drug-likeness (QED) is 0.563. The van der Waals surface area contributed by atoms with Gasteiger partial charge in [0.05, 0.1) is 17.8 Å². The second-order valence-electron chi connectivity index (χ2n) is 6.29. The third-order valence-electron chi connectivity index (χ3n) is 4.15. The summed E-state index contributed by atoms with van der Waals surface area (Å²) >= 11 is 1.63. The Balaban J connectivity index is 1.56. The number of nitrogens with zero attached hydrogens (tertiary/aromatic N) is 4. The van der Waals surface area contributed by atoms with Crippen molar-refractivity contribution in [2.45, 2.75) is 33.2 Å². The Hall–Kier alpha value is -2.80. The lowest BCUT2D eigenvalue weighted by Gasteiger charge is -2.12. The van der Waals surface area contributed by atoms with E-state index in [1.807, 2.05) is 44.2 Å². The third kappa shape index (κ3) is 3.30. The fraction of sp³-hybridized carbons (Fsp3) is 0.263. The molecule has 7 heteroatoms. The molecule has 0 saturated heterocycles. The highest BCUT2D eigenvalue weighted by atomic mass is 32.1. The van der Waals surface area contributed by atoms with E-state index in [0.717, 1.165) is 33.0 Å². The summed E-state index contributed by atoms with van der Waals surface area (Å²) in [5, 5.41) is 10.7. The topological polar surface area (TPSA) is 76.7 Å². The molecule has 6 nitrogen and oxygen atoms in total. The van der Waals surface area contributed by atoms with Crippen LogP contribution in [0.3, 0.4) is 0 Å². The molecule has 0 aliphatic heterocycles. The van der Waals surface area contributed by atoms with Crippen molar-refractivity contribution >= 4 is 27.4 Å². The van der Waals surface area contributed by atoms with Crippen LogP contribution in [0, 0.1) is 13.8 Å². The van der Waals surface area contributed by atoms with Crippen LogP contribution in [0.4, 0.5) is 5.82 Å². The molecule has 26 heavy (non-hydrogen) atoms. The van der Waals surface area contributed by atoms with Gasteiger partial charge in [-0.2, -0.15) is 4.98 Å². The predicted octanol–water partition coefficient (Wildman–Crippen LogP) is 4.46. The first kappa shape index (κ1) is 16.7. The van der Waals surface area contributed by atoms with Gasteiger partial charge in [-0.1, -0.05) is 35.5 Å². The van der Waals surface area contributed by atoms with Crippen LogP contribution in [-0.4, -0.2) is 20.1 Å². The minimum atomic E-state index is -0.125. The summed E-state index contributed by atoms with van der Waals surface area (Å²) in [6.45, 7) is 5.97. The van der Waals surface area contributed by atoms with Crippen LogP contribution >= 0.6 is 11.3 Å². The molecule has 1 unspecified atom stereocenters. The summed E-state index contributed by atoms with van der Waals surface area (Å²) in [5.41, 5.74) is 2.31. The van der Waals surface area contributed by atoms with Crippen molar-refractivity contribution in [3.63, 3.8) is 0 Å². The van der Waals surface area contributed by atoms with Crippen LogP contribution in [-0.2, 0) is 6.42 Å². The molecule has 0 amide bonds. The van der Waals surface area contributed by atoms with E-state index in [2.05, 4.69) is 37.7 Å². The first-order valence-corrected chi connectivity index (χ1v) is 9.33. The van der Waals surface area contributed by atoms with Crippen LogP contribution < -0.4 is 5.32 Å². The van der Waals surface area contributed by atoms with Crippen LogP contribution in [0.1, 0.15) is 41.6 Å². The van der Waals surface area contributed by atoms with Crippen LogP contribution in [0.15, 0.2) is 40.2 Å². The Labute approximate surface area is 155 Å². The standard InChI is InChI=1S/C19H19N5OS/c1-11-10-26-19-16(11)18(21-13(3)22-19)20-12(2)17-23-15(25-24-17)9-14-7-5-4-6-8-14/h4-8,10,12H,9H2,1-3H3,(H,20,21,22). The Morgan fingerprint density at radius 1 is 1.12 bits per heavy atom. The molecular weight excluding hydrogens is 346 g/mol. The second kappa shape index (κ2) is 6.84. The van der Waals surface area contributed by atoms with Gasteiger partial charge in [-0.05, 0) is 37.3 Å². The Kier molecular flexibility index (Phi) is 4.38. The Morgan fingerprint density at radius 3 is 2.73 bits per heavy atom. The smallest absolute Gasteiger partial charge is 0.231 e. The first-order chi connectivity index (χ1) is 12.6. The summed E-state index contributed by atoms with van der Waals surface area (Å²) in [5.74, 6) is 2.78. The number of aryl methyl sites for hydroxylation is 2. The molecule has 0 fully saturated rings. The van der Waals surface area contributed by atoms with Gasteiger partial charge in [0.15, 0.2) is 5.82 Å². The second-order valence-corrected chi connectivity index (χ2v) is 7.15. The van der Waals surface area contributed by atoms with E-state index in [0.29, 0.717) is 18.1 Å². The zero-order chi connectivity index (χ0) is 18.1. The highest BCUT2D eigenvalue weighted by Crippen LogP contribution is 2.31. The minimum absolute atomic E-state index is 0.125. The van der Waals surface area contributed by atoms with E-state index in [1.54, 1.807) is 11.3 Å². The number of benzene rings is 1. The van der Waals surface area contributed by atoms with E-state index >= 15 is 0 Å². The normalized spacial score (nSPS) is 12.4. The molecule has 4 rings (SSSR count). The predicted molar refractivity (Wildman–Crippen MR) is 102 cm³/mol. The fourth-order valence-electron chi connectivity index (χ4n) is 2.85. The summed E-state index contributed by atoms with van der Waals surface area (Å²) < 4.78 is 5.42. The first-order valence-electron chi connectivity index (χ1n) is 8.45. The zero-order valence-corrected chi connectivity index (χ0v) is 15.7. The highest BCUT2D eigenvalue weighted by Gasteiger charge is 2.17. The molecule has 132 valence electrons. The molecule has 3 heterocycles. The van der Waals surface area contributed by atoms with Crippen LogP contribution in [0.25, 0.3) is 10.2 Å². The number of fused-ring (bicyclic) bond motifs is 1. The summed E-state index contributed by atoms with van der Waals surface area (Å²) in [4.78, 5) is 14.6. The average Bonchev–Trinajstić information content (AvgIpc) is 3.23. The molecule has 0 aliphatic rings. The van der Waals surface area contributed by atoms with Gasteiger partial charge in [0.2, 0.25) is 5.89 Å². The maximum Gasteiger partial charge on any atom is 0.231 e. The molecule has 0 bridgehead atoms. The van der Waals surface area contributed by atoms with Crippen molar-refractivity contribution in [2.24, 2.45) is 0 Å². The molecule has 0 spiro atoms. The average molecular weight is 365 g/mol. The van der Waals surface area contributed by atoms with Gasteiger partial charge in [0.1, 0.15) is 16.5 Å². The van der Waals surface area contributed by atoms with Crippen molar-refractivity contribution < 1.29 is 4.52 Å². The van der Waals surface area contributed by atoms with E-state index in [9.17, 15) is 0 Å². The van der Waals surface area contributed by atoms with Crippen molar-refractivity contribution in [1.29, 1.82) is 0 Å². The molecule has 3 aromatic heterocycles. The lowest BCUT2D eigenvalue weighted by atomic mass is 10.1. The lowest BCUT2D eigenvalue weighted by Crippen LogP contribution is -2.11. The summed E-state index contributed by atoms with van der Waals surface area (Å²) in [6, 6.07) is 9.97. The van der Waals surface area contributed by atoms with Crippen molar-refractivity contribution in [3.8, 4) is 0 Å². The largest absolute Gasteiger partial charge is 0.360 e. The number of anilines is 1. The number of rotatable bonds is 5. The third-order valence-corrected chi connectivity index (χ3v) is 5.14. The molecule has 0 radical (unpaired) electrons. The molecule has 1 N–H and O–H groups in total. The number of hydrogen-bond donors (Lipinski definition) is 1. The summed E-state index contributed by atoms with van der Waals surface area (Å²) in [6.07, 6.45) is 0.626. The fourth-order valence-corrected chi connectivity index (χ4v) is 3.82. The van der Waals surface area contributed by atoms with Gasteiger partial charge in [-0.15, -0.1) is 11.3 Å². The van der Waals surface area contributed by atoms with Gasteiger partial charge in [0.25, 0.3) is 0 Å². The monoisotopic (exact) mass is 365 g/mol. The number of aromatic nitrogens is 4. The van der Waals surface area contributed by atoms with Crippen molar-refractivity contribution in [2.75, 3.05) is 5.32 Å². The van der Waals surface area contributed by atoms with Crippen molar-refractivity contribution in [1.82, 2.24) is 20.1 Å². The SMILES string of the molecule is Cc1nc(NC(C)c2noc(Cc3ccccc3)n2)c2c(C)csc2n1. The number of nitrogens with one attached hydrogen (secondary N) is 1. The molecule has 1 aromatic carbocycles. The maximum absolute atomic E-state index is 5.42. The molecular formula is C19H19N5OS. The van der Waals surface area contributed by atoms with E-state index in [4.69, 9.17) is 4.52 Å². The highest BCUT2D eigenvalue weighted by molar-refractivity contribution is 7.17. The van der Waals surface area contributed by atoms with E-state index in [1.165, 1.54) is 0 Å².